The van der Waals surface area contributed by atoms with Gasteiger partial charge in [0.25, 0.3) is 11.4 Å². The second kappa shape index (κ2) is 6.03. The fraction of sp³-hybridized carbons (Fsp3) is 0.105. The Kier molecular flexibility index (Phi) is 3.69. The molecule has 0 atom stereocenters. The van der Waals surface area contributed by atoms with E-state index < -0.39 is 5.56 Å². The van der Waals surface area contributed by atoms with Crippen LogP contribution in [-0.2, 0) is 7.05 Å². The molecule has 0 spiro atoms. The zero-order valence-corrected chi connectivity index (χ0v) is 14.1. The summed E-state index contributed by atoms with van der Waals surface area (Å²) in [5.74, 6) is 0.622. The number of para-hydroxylation sites is 2. The first kappa shape index (κ1) is 15.9. The molecule has 0 saturated heterocycles. The van der Waals surface area contributed by atoms with Gasteiger partial charge in [-0.2, -0.15) is 4.98 Å². The second-order valence-electron chi connectivity index (χ2n) is 5.73. The quantitative estimate of drug-likeness (QED) is 0.611. The Morgan fingerprint density at radius 2 is 1.85 bits per heavy atom. The highest BCUT2D eigenvalue weighted by molar-refractivity contribution is 5.90. The van der Waals surface area contributed by atoms with Gasteiger partial charge in [-0.05, 0) is 24.3 Å². The number of hydrogen-bond acceptors (Lipinski definition) is 6. The fourth-order valence-electron chi connectivity index (χ4n) is 2.94. The Morgan fingerprint density at radius 1 is 1.12 bits per heavy atom. The number of ether oxygens (including phenoxy) is 1. The molecule has 0 aliphatic rings. The lowest BCUT2D eigenvalue weighted by Gasteiger charge is -2.09. The van der Waals surface area contributed by atoms with Crippen LogP contribution in [0.15, 0.2) is 57.8 Å². The van der Waals surface area contributed by atoms with E-state index >= 15 is 0 Å². The first-order valence-corrected chi connectivity index (χ1v) is 7.90. The summed E-state index contributed by atoms with van der Waals surface area (Å²) in [7, 11) is 3.18. The number of hydrogen-bond donors (Lipinski definition) is 1. The van der Waals surface area contributed by atoms with Gasteiger partial charge in [0.1, 0.15) is 17.1 Å². The van der Waals surface area contributed by atoms with Crippen molar-refractivity contribution in [1.82, 2.24) is 14.7 Å². The van der Waals surface area contributed by atoms with Gasteiger partial charge in [-0.1, -0.05) is 29.4 Å². The van der Waals surface area contributed by atoms with Crippen LogP contribution in [0.2, 0.25) is 0 Å². The van der Waals surface area contributed by atoms with Crippen LogP contribution in [0.3, 0.4) is 0 Å². The van der Waals surface area contributed by atoms with E-state index in [1.54, 1.807) is 50.6 Å². The van der Waals surface area contributed by atoms with Gasteiger partial charge in [-0.25, -0.2) is 0 Å². The predicted molar refractivity (Wildman–Crippen MR) is 96.1 cm³/mol. The Hall–Kier alpha value is -3.61. The number of rotatable bonds is 3. The highest BCUT2D eigenvalue weighted by Gasteiger charge is 2.22. The molecule has 2 aromatic carbocycles. The van der Waals surface area contributed by atoms with Gasteiger partial charge < -0.3 is 18.9 Å². The maximum atomic E-state index is 12.7. The predicted octanol–water partition coefficient (Wildman–Crippen LogP) is 2.97. The van der Waals surface area contributed by atoms with Crippen LogP contribution in [0, 0.1) is 0 Å². The smallest absolute Gasteiger partial charge is 0.267 e. The molecule has 0 unspecified atom stereocenters. The minimum Gasteiger partial charge on any atom is -0.506 e. The van der Waals surface area contributed by atoms with Crippen LogP contribution in [-0.4, -0.2) is 26.9 Å². The molecule has 2 aromatic heterocycles. The van der Waals surface area contributed by atoms with Crippen LogP contribution in [0.1, 0.15) is 0 Å². The monoisotopic (exact) mass is 349 g/mol. The number of methoxy groups -OCH3 is 1. The molecule has 1 N–H and O–H groups in total. The van der Waals surface area contributed by atoms with Crippen molar-refractivity contribution in [2.45, 2.75) is 0 Å². The van der Waals surface area contributed by atoms with Gasteiger partial charge >= 0.3 is 0 Å². The molecule has 4 aromatic rings. The van der Waals surface area contributed by atoms with Gasteiger partial charge in [0.05, 0.1) is 18.2 Å². The minimum atomic E-state index is -0.420. The van der Waals surface area contributed by atoms with E-state index in [4.69, 9.17) is 9.26 Å². The normalized spacial score (nSPS) is 11.0. The molecule has 7 heteroatoms. The summed E-state index contributed by atoms with van der Waals surface area (Å²) in [5.41, 5.74) is 0.793. The highest BCUT2D eigenvalue weighted by atomic mass is 16.5. The Morgan fingerprint density at radius 3 is 2.65 bits per heavy atom. The lowest BCUT2D eigenvalue weighted by Crippen LogP contribution is -2.19. The van der Waals surface area contributed by atoms with E-state index in [0.29, 0.717) is 22.2 Å². The molecule has 0 bridgehead atoms. The van der Waals surface area contributed by atoms with E-state index in [1.165, 1.54) is 4.57 Å². The average Bonchev–Trinajstić information content (AvgIpc) is 3.16. The zero-order valence-electron chi connectivity index (χ0n) is 14.1. The molecule has 0 amide bonds. The molecular weight excluding hydrogens is 334 g/mol. The third-order valence-electron chi connectivity index (χ3n) is 4.26. The Balaban J connectivity index is 1.93. The van der Waals surface area contributed by atoms with Crippen molar-refractivity contribution in [3.8, 4) is 34.3 Å². The largest absolute Gasteiger partial charge is 0.506 e. The molecule has 7 nitrogen and oxygen atoms in total. The Labute approximate surface area is 148 Å². The summed E-state index contributed by atoms with van der Waals surface area (Å²) in [6, 6.07) is 14.3. The number of pyridine rings is 1. The van der Waals surface area contributed by atoms with Crippen molar-refractivity contribution >= 4 is 10.9 Å². The minimum absolute atomic E-state index is 0.0279. The van der Waals surface area contributed by atoms with Crippen molar-refractivity contribution in [3.05, 3.63) is 58.9 Å². The molecule has 130 valence electrons. The number of fused-ring (bicyclic) bond motifs is 1. The maximum absolute atomic E-state index is 12.7. The van der Waals surface area contributed by atoms with Gasteiger partial charge in [0.2, 0.25) is 5.82 Å². The molecular formula is C19H15N3O4. The van der Waals surface area contributed by atoms with Crippen molar-refractivity contribution in [2.24, 2.45) is 7.05 Å². The van der Waals surface area contributed by atoms with Crippen LogP contribution < -0.4 is 10.3 Å². The van der Waals surface area contributed by atoms with Crippen LogP contribution in [0.5, 0.6) is 11.5 Å². The first-order chi connectivity index (χ1) is 12.6. The highest BCUT2D eigenvalue weighted by Crippen LogP contribution is 2.34. The molecule has 2 heterocycles. The molecule has 4 rings (SSSR count). The van der Waals surface area contributed by atoms with Gasteiger partial charge in [0, 0.05) is 12.4 Å². The summed E-state index contributed by atoms with van der Waals surface area (Å²) >= 11 is 0. The third kappa shape index (κ3) is 2.33. The van der Waals surface area contributed by atoms with E-state index in [-0.39, 0.29) is 23.0 Å². The summed E-state index contributed by atoms with van der Waals surface area (Å²) in [5, 5.41) is 15.1. The van der Waals surface area contributed by atoms with Crippen molar-refractivity contribution in [2.75, 3.05) is 7.11 Å². The molecule has 26 heavy (non-hydrogen) atoms. The van der Waals surface area contributed by atoms with E-state index in [1.807, 2.05) is 12.1 Å². The van der Waals surface area contributed by atoms with Gasteiger partial charge in [-0.3, -0.25) is 4.79 Å². The maximum Gasteiger partial charge on any atom is 0.267 e. The Bertz CT molecular complexity index is 1180. The van der Waals surface area contributed by atoms with Gasteiger partial charge in [-0.15, -0.1) is 0 Å². The summed E-state index contributed by atoms with van der Waals surface area (Å²) in [6.45, 7) is 0. The van der Waals surface area contributed by atoms with Crippen LogP contribution >= 0.6 is 0 Å². The first-order valence-electron chi connectivity index (χ1n) is 7.90. The number of aromatic nitrogens is 3. The number of nitrogens with zero attached hydrogens (tertiary/aromatic N) is 3. The zero-order chi connectivity index (χ0) is 18.3. The molecule has 0 radical (unpaired) electrons. The van der Waals surface area contributed by atoms with Crippen LogP contribution in [0.25, 0.3) is 33.7 Å². The van der Waals surface area contributed by atoms with Crippen molar-refractivity contribution in [3.63, 3.8) is 0 Å². The van der Waals surface area contributed by atoms with E-state index in [0.717, 1.165) is 0 Å². The van der Waals surface area contributed by atoms with Crippen LogP contribution in [0.4, 0.5) is 0 Å². The summed E-state index contributed by atoms with van der Waals surface area (Å²) < 4.78 is 12.0. The lowest BCUT2D eigenvalue weighted by atomic mass is 10.1. The third-order valence-corrected chi connectivity index (χ3v) is 4.26. The average molecular weight is 349 g/mol. The fourth-order valence-corrected chi connectivity index (χ4v) is 2.94. The topological polar surface area (TPSA) is 90.4 Å². The summed E-state index contributed by atoms with van der Waals surface area (Å²) in [6.07, 6.45) is 0. The van der Waals surface area contributed by atoms with Crippen molar-refractivity contribution < 1.29 is 14.4 Å². The molecule has 0 aliphatic carbocycles. The van der Waals surface area contributed by atoms with E-state index in [9.17, 15) is 9.90 Å². The van der Waals surface area contributed by atoms with Crippen molar-refractivity contribution in [1.29, 1.82) is 0 Å². The lowest BCUT2D eigenvalue weighted by molar-refractivity contribution is 0.412. The standard InChI is InChI=1S/C19H15N3O4/c1-22-13-9-5-3-7-11(13)16(23)15(19(22)24)18-20-17(21-26-18)12-8-4-6-10-14(12)25-2/h3-10,23H,1-2H3. The number of aryl methyl sites for hydroxylation is 1. The second-order valence-corrected chi connectivity index (χ2v) is 5.73. The SMILES string of the molecule is COc1ccccc1-c1noc(-c2c(O)c3ccccc3n(C)c2=O)n1. The van der Waals surface area contributed by atoms with Gasteiger partial charge in [0.15, 0.2) is 0 Å². The number of aromatic hydroxyl groups is 1. The molecule has 0 saturated carbocycles. The number of benzene rings is 2. The summed E-state index contributed by atoms with van der Waals surface area (Å²) in [4.78, 5) is 17.0. The molecule has 0 fully saturated rings. The van der Waals surface area contributed by atoms with E-state index in [2.05, 4.69) is 10.1 Å². The molecule has 0 aliphatic heterocycles.